The first-order chi connectivity index (χ1) is 17.9. The van der Waals surface area contributed by atoms with E-state index < -0.39 is 11.9 Å². The SMILES string of the molecule is CCCCCC/C(=N\OC(C)=O)c1cn(-c2ccc(/C(C)=N/OC(C)=O)c3c2CCC3)c2ccccc12. The van der Waals surface area contributed by atoms with Gasteiger partial charge >= 0.3 is 11.9 Å². The third-order valence-corrected chi connectivity index (χ3v) is 6.79. The lowest BCUT2D eigenvalue weighted by atomic mass is 9.98. The van der Waals surface area contributed by atoms with Gasteiger partial charge in [-0.25, -0.2) is 9.59 Å². The third kappa shape index (κ3) is 5.98. The molecule has 0 atom stereocenters. The highest BCUT2D eigenvalue weighted by molar-refractivity contribution is 6.11. The van der Waals surface area contributed by atoms with Crippen LogP contribution in [0.1, 0.15) is 88.5 Å². The number of nitrogens with zero attached hydrogens (tertiary/aromatic N) is 3. The van der Waals surface area contributed by atoms with Gasteiger partial charge in [0.05, 0.1) is 16.9 Å². The number of carbonyl (C=O) groups is 2. The highest BCUT2D eigenvalue weighted by Gasteiger charge is 2.23. The monoisotopic (exact) mass is 501 g/mol. The van der Waals surface area contributed by atoms with E-state index in [1.54, 1.807) is 0 Å². The summed E-state index contributed by atoms with van der Waals surface area (Å²) >= 11 is 0. The Balaban J connectivity index is 1.80. The first-order valence-electron chi connectivity index (χ1n) is 13.1. The number of aromatic nitrogens is 1. The molecule has 0 fully saturated rings. The molecule has 4 rings (SSSR count). The lowest BCUT2D eigenvalue weighted by molar-refractivity contribution is -0.141. The second kappa shape index (κ2) is 12.0. The molecule has 37 heavy (non-hydrogen) atoms. The Bertz CT molecular complexity index is 1370. The predicted molar refractivity (Wildman–Crippen MR) is 146 cm³/mol. The van der Waals surface area contributed by atoms with Crippen LogP contribution in [0.15, 0.2) is 52.9 Å². The quantitative estimate of drug-likeness (QED) is 0.135. The fraction of sp³-hybridized carbons (Fsp3) is 0.400. The van der Waals surface area contributed by atoms with Gasteiger partial charge in [0.15, 0.2) is 0 Å². The Morgan fingerprint density at radius 3 is 2.35 bits per heavy atom. The highest BCUT2D eigenvalue weighted by atomic mass is 16.7. The van der Waals surface area contributed by atoms with Crippen LogP contribution in [-0.4, -0.2) is 27.9 Å². The second-order valence-corrected chi connectivity index (χ2v) is 9.56. The molecule has 1 heterocycles. The van der Waals surface area contributed by atoms with Crippen molar-refractivity contribution in [3.05, 3.63) is 64.8 Å². The normalized spacial score (nSPS) is 13.6. The van der Waals surface area contributed by atoms with Gasteiger partial charge in [0.1, 0.15) is 0 Å². The number of hydrogen-bond acceptors (Lipinski definition) is 6. The van der Waals surface area contributed by atoms with Gasteiger partial charge in [0.25, 0.3) is 0 Å². The molecule has 1 aliphatic carbocycles. The number of unbranched alkanes of at least 4 members (excludes halogenated alkanes) is 3. The van der Waals surface area contributed by atoms with Crippen molar-refractivity contribution in [2.24, 2.45) is 10.3 Å². The third-order valence-electron chi connectivity index (χ3n) is 6.79. The number of fused-ring (bicyclic) bond motifs is 2. The number of carbonyl (C=O) groups excluding carboxylic acids is 2. The molecule has 0 spiro atoms. The summed E-state index contributed by atoms with van der Waals surface area (Å²) < 4.78 is 2.23. The molecule has 0 N–H and O–H groups in total. The van der Waals surface area contributed by atoms with E-state index in [1.807, 2.05) is 19.1 Å². The number of rotatable bonds is 10. The van der Waals surface area contributed by atoms with Gasteiger partial charge in [-0.3, -0.25) is 0 Å². The fourth-order valence-corrected chi connectivity index (χ4v) is 5.11. The maximum absolute atomic E-state index is 11.6. The summed E-state index contributed by atoms with van der Waals surface area (Å²) in [7, 11) is 0. The zero-order valence-electron chi connectivity index (χ0n) is 22.2. The van der Waals surface area contributed by atoms with Crippen LogP contribution in [0.4, 0.5) is 0 Å². The maximum Gasteiger partial charge on any atom is 0.331 e. The van der Waals surface area contributed by atoms with Crippen LogP contribution in [0, 0.1) is 0 Å². The van der Waals surface area contributed by atoms with Gasteiger partial charge in [-0.1, -0.05) is 60.8 Å². The molecule has 0 aliphatic heterocycles. The smallest absolute Gasteiger partial charge is 0.318 e. The van der Waals surface area contributed by atoms with Crippen LogP contribution in [0.2, 0.25) is 0 Å². The number of oxime groups is 2. The fourth-order valence-electron chi connectivity index (χ4n) is 5.11. The van der Waals surface area contributed by atoms with Crippen molar-refractivity contribution in [2.75, 3.05) is 0 Å². The predicted octanol–water partition coefficient (Wildman–Crippen LogP) is 6.64. The molecule has 1 aromatic heterocycles. The average Bonchev–Trinajstić information content (AvgIpc) is 3.52. The molecule has 0 radical (unpaired) electrons. The lowest BCUT2D eigenvalue weighted by Crippen LogP contribution is -2.07. The molecule has 0 saturated heterocycles. The van der Waals surface area contributed by atoms with E-state index in [4.69, 9.17) is 9.68 Å². The minimum absolute atomic E-state index is 0.422. The summed E-state index contributed by atoms with van der Waals surface area (Å²) in [4.78, 5) is 32.8. The molecule has 0 unspecified atom stereocenters. The standard InChI is InChI=1S/C30H35N3O4/c1-5-6-7-8-15-28(32-37-22(4)35)27-19-33(29-16-10-9-12-26(27)29)30-18-17-23(20(2)31-36-21(3)34)24-13-11-14-25(24)30/h9-10,12,16-19H,5-8,11,13-15H2,1-4H3/b31-20+,32-28+. The topological polar surface area (TPSA) is 82.2 Å². The molecule has 0 bridgehead atoms. The molecule has 7 nitrogen and oxygen atoms in total. The summed E-state index contributed by atoms with van der Waals surface area (Å²) in [5, 5.41) is 9.40. The summed E-state index contributed by atoms with van der Waals surface area (Å²) in [6.07, 6.45) is 10.3. The molecule has 0 saturated carbocycles. The molecule has 1 aliphatic rings. The van der Waals surface area contributed by atoms with Crippen molar-refractivity contribution in [1.82, 2.24) is 4.57 Å². The number of hydrogen-bond donors (Lipinski definition) is 0. The van der Waals surface area contributed by atoms with Gasteiger partial charge in [-0.2, -0.15) is 0 Å². The van der Waals surface area contributed by atoms with Crippen molar-refractivity contribution in [3.63, 3.8) is 0 Å². The maximum atomic E-state index is 11.6. The van der Waals surface area contributed by atoms with Gasteiger partial charge in [-0.15, -0.1) is 0 Å². The number of para-hydroxylation sites is 1. The van der Waals surface area contributed by atoms with E-state index in [0.29, 0.717) is 5.71 Å². The Hall–Kier alpha value is -3.74. The Labute approximate surface area is 218 Å². The van der Waals surface area contributed by atoms with Crippen molar-refractivity contribution < 1.29 is 19.3 Å². The van der Waals surface area contributed by atoms with Crippen LogP contribution in [0.3, 0.4) is 0 Å². The Morgan fingerprint density at radius 1 is 0.865 bits per heavy atom. The minimum atomic E-state index is -0.431. The van der Waals surface area contributed by atoms with Crippen LogP contribution in [0.5, 0.6) is 0 Å². The highest BCUT2D eigenvalue weighted by Crippen LogP contribution is 2.35. The van der Waals surface area contributed by atoms with E-state index in [1.165, 1.54) is 31.4 Å². The lowest BCUT2D eigenvalue weighted by Gasteiger charge is -2.15. The molecule has 2 aromatic carbocycles. The van der Waals surface area contributed by atoms with Crippen molar-refractivity contribution in [2.45, 2.75) is 79.1 Å². The van der Waals surface area contributed by atoms with E-state index in [9.17, 15) is 9.59 Å². The Morgan fingerprint density at radius 2 is 1.59 bits per heavy atom. The molecular formula is C30H35N3O4. The number of benzene rings is 2. The summed E-state index contributed by atoms with van der Waals surface area (Å²) in [6, 6.07) is 12.5. The summed E-state index contributed by atoms with van der Waals surface area (Å²) in [5.41, 5.74) is 8.21. The van der Waals surface area contributed by atoms with E-state index >= 15 is 0 Å². The van der Waals surface area contributed by atoms with Gasteiger partial charge in [-0.05, 0) is 62.3 Å². The van der Waals surface area contributed by atoms with Gasteiger partial charge in [0, 0.05) is 42.2 Å². The van der Waals surface area contributed by atoms with Crippen molar-refractivity contribution in [1.29, 1.82) is 0 Å². The molecule has 194 valence electrons. The largest absolute Gasteiger partial charge is 0.331 e. The van der Waals surface area contributed by atoms with Crippen LogP contribution in [-0.2, 0) is 32.1 Å². The van der Waals surface area contributed by atoms with E-state index in [-0.39, 0.29) is 0 Å². The summed E-state index contributed by atoms with van der Waals surface area (Å²) in [5.74, 6) is -0.853. The van der Waals surface area contributed by atoms with E-state index in [0.717, 1.165) is 78.4 Å². The van der Waals surface area contributed by atoms with Crippen LogP contribution >= 0.6 is 0 Å². The first-order valence-corrected chi connectivity index (χ1v) is 13.1. The van der Waals surface area contributed by atoms with Crippen molar-refractivity contribution in [3.8, 4) is 5.69 Å². The van der Waals surface area contributed by atoms with Crippen LogP contribution < -0.4 is 0 Å². The zero-order chi connectivity index (χ0) is 26.4. The molecule has 0 amide bonds. The van der Waals surface area contributed by atoms with Crippen LogP contribution in [0.25, 0.3) is 16.6 Å². The van der Waals surface area contributed by atoms with Crippen molar-refractivity contribution >= 4 is 34.3 Å². The first kappa shape index (κ1) is 26.3. The summed E-state index contributed by atoms with van der Waals surface area (Å²) in [6.45, 7) is 6.78. The van der Waals surface area contributed by atoms with Gasteiger partial charge in [0.2, 0.25) is 0 Å². The molecular weight excluding hydrogens is 466 g/mol. The molecule has 3 aromatic rings. The van der Waals surface area contributed by atoms with E-state index in [2.05, 4.69) is 52.3 Å². The Kier molecular flexibility index (Phi) is 8.54. The minimum Gasteiger partial charge on any atom is -0.318 e. The van der Waals surface area contributed by atoms with Gasteiger partial charge < -0.3 is 14.2 Å². The zero-order valence-corrected chi connectivity index (χ0v) is 22.2. The molecule has 7 heteroatoms. The second-order valence-electron chi connectivity index (χ2n) is 9.56. The average molecular weight is 502 g/mol.